The topological polar surface area (TPSA) is 32.3 Å². The Hall–Kier alpha value is -1.66. The second-order valence-corrected chi connectivity index (χ2v) is 5.33. The molecule has 4 heteroatoms. The number of amides is 2. The van der Waals surface area contributed by atoms with E-state index in [1.165, 1.54) is 12.8 Å². The summed E-state index contributed by atoms with van der Waals surface area (Å²) >= 11 is 6.04. The third kappa shape index (κ3) is 3.90. The minimum absolute atomic E-state index is 0.162. The highest BCUT2D eigenvalue weighted by Crippen LogP contribution is 2.30. The number of anilines is 1. The predicted molar refractivity (Wildman–Crippen MR) is 78.3 cm³/mol. The van der Waals surface area contributed by atoms with E-state index in [9.17, 15) is 4.79 Å². The third-order valence-electron chi connectivity index (χ3n) is 3.17. The maximum atomic E-state index is 12.1. The molecule has 2 amide bonds. The van der Waals surface area contributed by atoms with E-state index in [4.69, 9.17) is 18.0 Å². The second kappa shape index (κ2) is 5.99. The van der Waals surface area contributed by atoms with Crippen molar-refractivity contribution >= 4 is 23.3 Å². The normalized spacial score (nSPS) is 13.7. The van der Waals surface area contributed by atoms with E-state index in [0.717, 1.165) is 12.1 Å². The smallest absolute Gasteiger partial charge is 0.313 e. The van der Waals surface area contributed by atoms with Crippen LogP contribution in [0.5, 0.6) is 0 Å². The van der Waals surface area contributed by atoms with E-state index in [2.05, 4.69) is 11.2 Å². The lowest BCUT2D eigenvalue weighted by molar-refractivity contribution is 0.216. The van der Waals surface area contributed by atoms with Gasteiger partial charge in [0.15, 0.2) is 0 Å². The van der Waals surface area contributed by atoms with Crippen LogP contribution in [0.25, 0.3) is 0 Å². The van der Waals surface area contributed by atoms with Crippen LogP contribution in [0.1, 0.15) is 18.4 Å². The molecule has 1 aliphatic carbocycles. The standard InChI is InChI=1S/C15H17ClN2O/c1-3-8-18(10-12-5-6-12)15(19)17-13-7-4-11(2)14(16)9-13/h1,4,7,9,12H,5-6,8,10H2,2H3,(H,17,19). The van der Waals surface area contributed by atoms with Crippen LogP contribution in [0.3, 0.4) is 0 Å². The Labute approximate surface area is 118 Å². The average molecular weight is 277 g/mol. The van der Waals surface area contributed by atoms with Crippen LogP contribution in [0.15, 0.2) is 18.2 Å². The lowest BCUT2D eigenvalue weighted by atomic mass is 10.2. The number of benzene rings is 1. The van der Waals surface area contributed by atoms with Crippen molar-refractivity contribution in [2.45, 2.75) is 19.8 Å². The van der Waals surface area contributed by atoms with Gasteiger partial charge in [-0.3, -0.25) is 0 Å². The molecule has 3 nitrogen and oxygen atoms in total. The molecule has 0 atom stereocenters. The first-order valence-corrected chi connectivity index (χ1v) is 6.73. The molecule has 19 heavy (non-hydrogen) atoms. The molecule has 0 aromatic heterocycles. The minimum atomic E-state index is -0.162. The molecule has 1 saturated carbocycles. The Kier molecular flexibility index (Phi) is 4.34. The van der Waals surface area contributed by atoms with Crippen molar-refractivity contribution in [3.63, 3.8) is 0 Å². The predicted octanol–water partition coefficient (Wildman–Crippen LogP) is 3.53. The fraction of sp³-hybridized carbons (Fsp3) is 0.400. The quantitative estimate of drug-likeness (QED) is 0.839. The fourth-order valence-corrected chi connectivity index (χ4v) is 2.00. The molecule has 1 aromatic rings. The van der Waals surface area contributed by atoms with Crippen LogP contribution in [0, 0.1) is 25.2 Å². The van der Waals surface area contributed by atoms with Gasteiger partial charge in [0.2, 0.25) is 0 Å². The average Bonchev–Trinajstić information content (AvgIpc) is 3.17. The van der Waals surface area contributed by atoms with Crippen LogP contribution in [-0.2, 0) is 0 Å². The maximum Gasteiger partial charge on any atom is 0.322 e. The maximum absolute atomic E-state index is 12.1. The second-order valence-electron chi connectivity index (χ2n) is 4.92. The van der Waals surface area contributed by atoms with E-state index >= 15 is 0 Å². The Morgan fingerprint density at radius 1 is 1.58 bits per heavy atom. The number of hydrogen-bond acceptors (Lipinski definition) is 1. The van der Waals surface area contributed by atoms with E-state index in [-0.39, 0.29) is 6.03 Å². The number of nitrogens with one attached hydrogen (secondary N) is 1. The number of rotatable bonds is 4. The summed E-state index contributed by atoms with van der Waals surface area (Å²) in [5, 5.41) is 3.48. The van der Waals surface area contributed by atoms with Gasteiger partial charge in [-0.2, -0.15) is 0 Å². The molecule has 0 heterocycles. The fourth-order valence-electron chi connectivity index (χ4n) is 1.81. The van der Waals surface area contributed by atoms with Crippen molar-refractivity contribution in [3.8, 4) is 12.3 Å². The third-order valence-corrected chi connectivity index (χ3v) is 3.58. The molecule has 2 rings (SSSR count). The summed E-state index contributed by atoms with van der Waals surface area (Å²) in [5.74, 6) is 3.14. The molecule has 0 spiro atoms. The SMILES string of the molecule is C#CCN(CC1CC1)C(=O)Nc1ccc(C)c(Cl)c1. The number of carbonyl (C=O) groups excluding carboxylic acids is 1. The first kappa shape index (κ1) is 13.8. The molecule has 0 bridgehead atoms. The van der Waals surface area contributed by atoms with Gasteiger partial charge in [-0.15, -0.1) is 6.42 Å². The Morgan fingerprint density at radius 3 is 2.89 bits per heavy atom. The number of hydrogen-bond donors (Lipinski definition) is 1. The van der Waals surface area contributed by atoms with Gasteiger partial charge in [0.05, 0.1) is 6.54 Å². The van der Waals surface area contributed by atoms with Crippen LogP contribution in [-0.4, -0.2) is 24.0 Å². The summed E-state index contributed by atoms with van der Waals surface area (Å²) in [4.78, 5) is 13.8. The summed E-state index contributed by atoms with van der Waals surface area (Å²) in [6, 6.07) is 5.30. The van der Waals surface area contributed by atoms with Crippen molar-refractivity contribution in [1.29, 1.82) is 0 Å². The zero-order chi connectivity index (χ0) is 13.8. The highest BCUT2D eigenvalue weighted by molar-refractivity contribution is 6.31. The van der Waals surface area contributed by atoms with Gasteiger partial charge in [-0.1, -0.05) is 23.6 Å². The lowest BCUT2D eigenvalue weighted by Crippen LogP contribution is -2.36. The Morgan fingerprint density at radius 2 is 2.32 bits per heavy atom. The molecule has 100 valence electrons. The van der Waals surface area contributed by atoms with Gasteiger partial charge in [0.25, 0.3) is 0 Å². The number of aryl methyl sites for hydroxylation is 1. The largest absolute Gasteiger partial charge is 0.322 e. The molecule has 1 aromatic carbocycles. The van der Waals surface area contributed by atoms with Crippen molar-refractivity contribution < 1.29 is 4.79 Å². The Balaban J connectivity index is 2.00. The highest BCUT2D eigenvalue weighted by atomic mass is 35.5. The molecule has 0 unspecified atom stereocenters. The van der Waals surface area contributed by atoms with Gasteiger partial charge in [-0.05, 0) is 43.4 Å². The lowest BCUT2D eigenvalue weighted by Gasteiger charge is -2.20. The molecule has 1 N–H and O–H groups in total. The van der Waals surface area contributed by atoms with Gasteiger partial charge in [-0.25, -0.2) is 4.79 Å². The van der Waals surface area contributed by atoms with Crippen molar-refractivity contribution in [2.24, 2.45) is 5.92 Å². The van der Waals surface area contributed by atoms with E-state index in [1.54, 1.807) is 11.0 Å². The van der Waals surface area contributed by atoms with E-state index in [0.29, 0.717) is 23.2 Å². The Bertz CT molecular complexity index is 517. The molecule has 0 saturated heterocycles. The zero-order valence-corrected chi connectivity index (χ0v) is 11.7. The van der Waals surface area contributed by atoms with Crippen LogP contribution in [0.2, 0.25) is 5.02 Å². The molecule has 0 radical (unpaired) electrons. The summed E-state index contributed by atoms with van der Waals surface area (Å²) in [6.45, 7) is 2.99. The summed E-state index contributed by atoms with van der Waals surface area (Å²) < 4.78 is 0. The molecular formula is C15H17ClN2O. The molecule has 1 fully saturated rings. The minimum Gasteiger partial charge on any atom is -0.313 e. The van der Waals surface area contributed by atoms with Crippen molar-refractivity contribution in [3.05, 3.63) is 28.8 Å². The highest BCUT2D eigenvalue weighted by Gasteiger charge is 2.26. The number of halogens is 1. The molecular weight excluding hydrogens is 260 g/mol. The van der Waals surface area contributed by atoms with E-state index in [1.807, 2.05) is 19.1 Å². The number of nitrogens with zero attached hydrogens (tertiary/aromatic N) is 1. The van der Waals surface area contributed by atoms with Gasteiger partial charge >= 0.3 is 6.03 Å². The van der Waals surface area contributed by atoms with E-state index < -0.39 is 0 Å². The summed E-state index contributed by atoms with van der Waals surface area (Å²) in [6.07, 6.45) is 7.68. The van der Waals surface area contributed by atoms with Crippen LogP contribution >= 0.6 is 11.6 Å². The van der Waals surface area contributed by atoms with Crippen LogP contribution in [0.4, 0.5) is 10.5 Å². The first-order chi connectivity index (χ1) is 9.10. The summed E-state index contributed by atoms with van der Waals surface area (Å²) in [7, 11) is 0. The summed E-state index contributed by atoms with van der Waals surface area (Å²) in [5.41, 5.74) is 1.68. The number of urea groups is 1. The molecule has 0 aliphatic heterocycles. The molecule has 1 aliphatic rings. The van der Waals surface area contributed by atoms with Gasteiger partial charge in [0, 0.05) is 17.3 Å². The van der Waals surface area contributed by atoms with Crippen LogP contribution < -0.4 is 5.32 Å². The van der Waals surface area contributed by atoms with Gasteiger partial charge < -0.3 is 10.2 Å². The van der Waals surface area contributed by atoms with Crippen molar-refractivity contribution in [2.75, 3.05) is 18.4 Å². The van der Waals surface area contributed by atoms with Crippen molar-refractivity contribution in [1.82, 2.24) is 4.90 Å². The van der Waals surface area contributed by atoms with Gasteiger partial charge in [0.1, 0.15) is 0 Å². The number of terminal acetylenes is 1. The zero-order valence-electron chi connectivity index (χ0n) is 10.9. The monoisotopic (exact) mass is 276 g/mol. The first-order valence-electron chi connectivity index (χ1n) is 6.35. The number of carbonyl (C=O) groups is 1.